The Morgan fingerprint density at radius 1 is 1.36 bits per heavy atom. The van der Waals surface area contributed by atoms with Crippen molar-refractivity contribution in [2.45, 2.75) is 6.92 Å². The Morgan fingerprint density at radius 2 is 1.93 bits per heavy atom. The summed E-state index contributed by atoms with van der Waals surface area (Å²) >= 11 is 0. The van der Waals surface area contributed by atoms with Crippen molar-refractivity contribution in [3.63, 3.8) is 0 Å². The third-order valence-corrected chi connectivity index (χ3v) is 3.37. The van der Waals surface area contributed by atoms with Gasteiger partial charge in [0.1, 0.15) is 0 Å². The Balaban J connectivity index is 3.24. The monoisotopic (exact) mass is 217 g/mol. The zero-order valence-electron chi connectivity index (χ0n) is 8.22. The maximum Gasteiger partial charge on any atom is 0.379 e. The van der Waals surface area contributed by atoms with Gasteiger partial charge < -0.3 is 14.8 Å². The summed E-state index contributed by atoms with van der Waals surface area (Å²) in [5.74, 6) is 0.0503. The average Bonchev–Trinajstić information content (AvgIpc) is 2.15. The molecule has 0 aliphatic rings. The lowest BCUT2D eigenvalue weighted by Gasteiger charge is -2.12. The summed E-state index contributed by atoms with van der Waals surface area (Å²) in [4.78, 5) is 7.65. The Labute approximate surface area is 82.0 Å². The molecule has 78 valence electrons. The smallest absolute Gasteiger partial charge is 0.368 e. The third kappa shape index (κ3) is 2.09. The van der Waals surface area contributed by atoms with Gasteiger partial charge in [0.2, 0.25) is 5.95 Å². The van der Waals surface area contributed by atoms with Crippen molar-refractivity contribution in [3.8, 4) is 0 Å². The van der Waals surface area contributed by atoms with Crippen LogP contribution in [0.25, 0.3) is 0 Å². The molecular formula is C7H12N3O3P. The molecule has 0 fully saturated rings. The normalized spacial score (nSPS) is 11.6. The second kappa shape index (κ2) is 4.04. The van der Waals surface area contributed by atoms with Crippen LogP contribution in [0.4, 0.5) is 5.95 Å². The number of nitrogens with two attached hydrogens (primary N) is 1. The maximum absolute atomic E-state index is 11.9. The molecule has 0 unspecified atom stereocenters. The standard InChI is InChI=1S/C7H12N3O3P/c1-5-4-6(10-7(8)9-5)14(11,12-2)13-3/h4H,1-3H3,(H2,8,9,10). The van der Waals surface area contributed by atoms with E-state index in [1.807, 2.05) is 0 Å². The molecule has 2 N–H and O–H groups in total. The van der Waals surface area contributed by atoms with E-state index in [1.54, 1.807) is 6.92 Å². The van der Waals surface area contributed by atoms with Crippen LogP contribution in [0, 0.1) is 6.92 Å². The van der Waals surface area contributed by atoms with E-state index in [2.05, 4.69) is 9.97 Å². The quantitative estimate of drug-likeness (QED) is 0.741. The van der Waals surface area contributed by atoms with Gasteiger partial charge in [0.15, 0.2) is 5.44 Å². The highest BCUT2D eigenvalue weighted by atomic mass is 31.2. The predicted molar refractivity (Wildman–Crippen MR) is 52.4 cm³/mol. The third-order valence-electron chi connectivity index (χ3n) is 1.62. The molecule has 14 heavy (non-hydrogen) atoms. The van der Waals surface area contributed by atoms with Crippen molar-refractivity contribution in [2.24, 2.45) is 0 Å². The van der Waals surface area contributed by atoms with E-state index in [0.29, 0.717) is 5.69 Å². The summed E-state index contributed by atoms with van der Waals surface area (Å²) in [6.45, 7) is 1.72. The van der Waals surface area contributed by atoms with E-state index >= 15 is 0 Å². The predicted octanol–water partition coefficient (Wildman–Crippen LogP) is 0.478. The van der Waals surface area contributed by atoms with Crippen molar-refractivity contribution in [1.29, 1.82) is 0 Å². The molecule has 6 nitrogen and oxygen atoms in total. The molecule has 1 heterocycles. The van der Waals surface area contributed by atoms with Crippen molar-refractivity contribution in [3.05, 3.63) is 11.8 Å². The van der Waals surface area contributed by atoms with Gasteiger partial charge in [0.05, 0.1) is 0 Å². The first kappa shape index (κ1) is 11.1. The first-order valence-corrected chi connectivity index (χ1v) is 5.39. The topological polar surface area (TPSA) is 87.3 Å². The van der Waals surface area contributed by atoms with Crippen molar-refractivity contribution in [2.75, 3.05) is 20.0 Å². The zero-order chi connectivity index (χ0) is 10.8. The van der Waals surface area contributed by atoms with Crippen LogP contribution >= 0.6 is 7.60 Å². The highest BCUT2D eigenvalue weighted by Gasteiger charge is 2.27. The van der Waals surface area contributed by atoms with Gasteiger partial charge in [-0.25, -0.2) is 9.97 Å². The number of aromatic nitrogens is 2. The van der Waals surface area contributed by atoms with Crippen LogP contribution in [-0.4, -0.2) is 24.2 Å². The Hall–Kier alpha value is -0.970. The summed E-state index contributed by atoms with van der Waals surface area (Å²) in [6, 6.07) is 1.52. The Bertz CT molecular complexity index is 354. The van der Waals surface area contributed by atoms with E-state index in [4.69, 9.17) is 14.8 Å². The molecule has 7 heteroatoms. The summed E-state index contributed by atoms with van der Waals surface area (Å²) in [6.07, 6.45) is 0. The minimum atomic E-state index is -3.32. The van der Waals surface area contributed by atoms with Gasteiger partial charge in [-0.1, -0.05) is 0 Å². The van der Waals surface area contributed by atoms with E-state index in [-0.39, 0.29) is 11.4 Å². The SMILES string of the molecule is COP(=O)(OC)c1cc(C)nc(N)n1. The van der Waals surface area contributed by atoms with Crippen molar-refractivity contribution >= 4 is 19.0 Å². The van der Waals surface area contributed by atoms with Gasteiger partial charge in [-0.2, -0.15) is 0 Å². The number of nitrogen functional groups attached to an aromatic ring is 1. The molecule has 0 radical (unpaired) electrons. The first-order valence-electron chi connectivity index (χ1n) is 3.85. The molecule has 0 atom stereocenters. The van der Waals surface area contributed by atoms with Gasteiger partial charge >= 0.3 is 7.60 Å². The zero-order valence-corrected chi connectivity index (χ0v) is 9.12. The van der Waals surface area contributed by atoms with Crippen LogP contribution in [0.1, 0.15) is 5.69 Å². The van der Waals surface area contributed by atoms with Gasteiger partial charge in [0, 0.05) is 19.9 Å². The highest BCUT2D eigenvalue weighted by molar-refractivity contribution is 7.61. The number of rotatable bonds is 3. The molecule has 0 bridgehead atoms. The van der Waals surface area contributed by atoms with Gasteiger partial charge in [-0.15, -0.1) is 0 Å². The second-order valence-corrected chi connectivity index (χ2v) is 4.77. The van der Waals surface area contributed by atoms with Crippen LogP contribution in [0.2, 0.25) is 0 Å². The molecule has 0 saturated carbocycles. The number of anilines is 1. The highest BCUT2D eigenvalue weighted by Crippen LogP contribution is 2.44. The minimum Gasteiger partial charge on any atom is -0.368 e. The van der Waals surface area contributed by atoms with E-state index < -0.39 is 7.60 Å². The van der Waals surface area contributed by atoms with Gasteiger partial charge in [0.25, 0.3) is 0 Å². The largest absolute Gasteiger partial charge is 0.379 e. The number of nitrogens with zero attached hydrogens (tertiary/aromatic N) is 2. The van der Waals surface area contributed by atoms with Crippen LogP contribution in [0.15, 0.2) is 6.07 Å². The molecule has 0 aliphatic heterocycles. The summed E-state index contributed by atoms with van der Waals surface area (Å²) in [5.41, 5.74) is 6.20. The second-order valence-electron chi connectivity index (χ2n) is 2.59. The first-order chi connectivity index (χ1) is 6.51. The van der Waals surface area contributed by atoms with Crippen LogP contribution in [-0.2, 0) is 13.6 Å². The summed E-state index contributed by atoms with van der Waals surface area (Å²) < 4.78 is 21.4. The lowest BCUT2D eigenvalue weighted by Crippen LogP contribution is -2.16. The Morgan fingerprint density at radius 3 is 2.36 bits per heavy atom. The summed E-state index contributed by atoms with van der Waals surface area (Å²) in [5, 5.41) is 0. The van der Waals surface area contributed by atoms with E-state index in [0.717, 1.165) is 0 Å². The maximum atomic E-state index is 11.9. The number of hydrogen-bond donors (Lipinski definition) is 1. The lowest BCUT2D eigenvalue weighted by atomic mass is 10.5. The molecule has 0 amide bonds. The molecule has 0 aliphatic carbocycles. The fourth-order valence-corrected chi connectivity index (χ4v) is 2.07. The Kier molecular flexibility index (Phi) is 3.21. The molecule has 1 aromatic heterocycles. The fraction of sp³-hybridized carbons (Fsp3) is 0.429. The minimum absolute atomic E-state index is 0.0503. The fourth-order valence-electron chi connectivity index (χ4n) is 0.976. The molecule has 0 spiro atoms. The molecular weight excluding hydrogens is 205 g/mol. The van der Waals surface area contributed by atoms with E-state index in [9.17, 15) is 4.57 Å². The van der Waals surface area contributed by atoms with Crippen molar-refractivity contribution in [1.82, 2.24) is 9.97 Å². The van der Waals surface area contributed by atoms with Gasteiger partial charge in [-0.05, 0) is 13.0 Å². The van der Waals surface area contributed by atoms with E-state index in [1.165, 1.54) is 20.3 Å². The molecule has 0 saturated heterocycles. The van der Waals surface area contributed by atoms with Crippen LogP contribution in [0.5, 0.6) is 0 Å². The van der Waals surface area contributed by atoms with Gasteiger partial charge in [-0.3, -0.25) is 4.57 Å². The van der Waals surface area contributed by atoms with Crippen molar-refractivity contribution < 1.29 is 13.6 Å². The lowest BCUT2D eigenvalue weighted by molar-refractivity contribution is 0.286. The number of hydrogen-bond acceptors (Lipinski definition) is 6. The molecule has 1 rings (SSSR count). The van der Waals surface area contributed by atoms with Crippen LogP contribution < -0.4 is 11.2 Å². The number of aryl methyl sites for hydroxylation is 1. The average molecular weight is 217 g/mol. The van der Waals surface area contributed by atoms with Crippen LogP contribution in [0.3, 0.4) is 0 Å². The summed E-state index contributed by atoms with van der Waals surface area (Å²) in [7, 11) is -0.739. The molecule has 1 aromatic rings. The molecule has 0 aromatic carbocycles.